The van der Waals surface area contributed by atoms with Crippen LogP contribution in [0.3, 0.4) is 0 Å². The first kappa shape index (κ1) is 20.1. The Bertz CT molecular complexity index is 1030. The molecule has 0 N–H and O–H groups in total. The summed E-state index contributed by atoms with van der Waals surface area (Å²) in [5, 5.41) is 0. The van der Waals surface area contributed by atoms with Gasteiger partial charge in [0.25, 0.3) is 0 Å². The van der Waals surface area contributed by atoms with E-state index in [1.807, 2.05) is 0 Å². The van der Waals surface area contributed by atoms with E-state index in [1.54, 1.807) is 12.1 Å². The molecule has 2 aliphatic rings. The summed E-state index contributed by atoms with van der Waals surface area (Å²) in [6, 6.07) is 6.18. The molecule has 1 amide bonds. The molecule has 0 bridgehead atoms. The van der Waals surface area contributed by atoms with Crippen molar-refractivity contribution in [2.24, 2.45) is 0 Å². The van der Waals surface area contributed by atoms with Crippen molar-refractivity contribution >= 4 is 26.8 Å². The van der Waals surface area contributed by atoms with Gasteiger partial charge < -0.3 is 9.47 Å². The van der Waals surface area contributed by atoms with Gasteiger partial charge in [-0.25, -0.2) is 13.4 Å². The van der Waals surface area contributed by atoms with Gasteiger partial charge in [-0.1, -0.05) is 12.1 Å². The summed E-state index contributed by atoms with van der Waals surface area (Å²) < 4.78 is 64.5. The van der Waals surface area contributed by atoms with Crippen molar-refractivity contribution in [2.75, 3.05) is 37.7 Å². The molecule has 7 nitrogen and oxygen atoms in total. The van der Waals surface area contributed by atoms with Gasteiger partial charge in [0.2, 0.25) is 11.7 Å². The number of benzene rings is 1. The molecule has 3 heterocycles. The molecule has 4 rings (SSSR count). The minimum absolute atomic E-state index is 0.0355. The lowest BCUT2D eigenvalue weighted by atomic mass is 10.2. The molecule has 29 heavy (non-hydrogen) atoms. The van der Waals surface area contributed by atoms with Crippen LogP contribution in [0.5, 0.6) is 0 Å². The summed E-state index contributed by atoms with van der Waals surface area (Å²) in [7, 11) is -2.99. The summed E-state index contributed by atoms with van der Waals surface area (Å²) in [6.45, 7) is 1.32. The maximum absolute atomic E-state index is 13.4. The summed E-state index contributed by atoms with van der Waals surface area (Å²) in [5.74, 6) is -1.17. The monoisotopic (exact) mass is 430 g/mol. The van der Waals surface area contributed by atoms with Crippen LogP contribution >= 0.6 is 0 Å². The molecule has 2 aliphatic heterocycles. The van der Waals surface area contributed by atoms with Crippen molar-refractivity contribution in [3.63, 3.8) is 0 Å². The third-order valence-corrected chi connectivity index (χ3v) is 7.34. The van der Waals surface area contributed by atoms with E-state index < -0.39 is 34.3 Å². The van der Waals surface area contributed by atoms with Crippen LogP contribution in [-0.4, -0.2) is 77.4 Å². The van der Waals surface area contributed by atoms with Crippen LogP contribution < -0.4 is 0 Å². The fourth-order valence-electron chi connectivity index (χ4n) is 4.09. The second-order valence-corrected chi connectivity index (χ2v) is 9.71. The highest BCUT2D eigenvalue weighted by molar-refractivity contribution is 7.91. The molecule has 1 aromatic heterocycles. The van der Waals surface area contributed by atoms with Crippen molar-refractivity contribution in [1.82, 2.24) is 19.4 Å². The number of carbonyl (C=O) groups is 1. The number of hydrogen-bond acceptors (Lipinski definition) is 5. The molecule has 1 aromatic carbocycles. The minimum Gasteiger partial charge on any atom is -0.339 e. The molecule has 2 aromatic rings. The zero-order valence-electron chi connectivity index (χ0n) is 15.6. The number of imidazole rings is 1. The average Bonchev–Trinajstić information content (AvgIpc) is 3.22. The number of fused-ring (bicyclic) bond motifs is 1. The maximum atomic E-state index is 13.4. The number of halogens is 3. The fourth-order valence-corrected chi connectivity index (χ4v) is 5.85. The van der Waals surface area contributed by atoms with Crippen LogP contribution in [0.25, 0.3) is 11.0 Å². The van der Waals surface area contributed by atoms with Gasteiger partial charge in [-0.15, -0.1) is 0 Å². The summed E-state index contributed by atoms with van der Waals surface area (Å²) in [4.78, 5) is 20.0. The second kappa shape index (κ2) is 7.28. The van der Waals surface area contributed by atoms with Crippen molar-refractivity contribution in [3.05, 3.63) is 30.1 Å². The number of rotatable bonds is 3. The van der Waals surface area contributed by atoms with Gasteiger partial charge in [0.1, 0.15) is 6.54 Å². The van der Waals surface area contributed by atoms with Gasteiger partial charge in [-0.2, -0.15) is 13.2 Å². The molecule has 0 saturated carbocycles. The molecule has 158 valence electrons. The van der Waals surface area contributed by atoms with Crippen molar-refractivity contribution < 1.29 is 26.4 Å². The standard InChI is InChI=1S/C18H21F3N4O3S/c19-18(20,21)17-22-14-3-1-2-4-15(14)25(17)11-16(26)24-8-6-23(7-9-24)13-5-10-29(27,28)12-13/h1-4,13H,5-12H2. The van der Waals surface area contributed by atoms with E-state index in [0.717, 1.165) is 4.57 Å². The molecule has 0 aliphatic carbocycles. The Morgan fingerprint density at radius 1 is 1.14 bits per heavy atom. The summed E-state index contributed by atoms with van der Waals surface area (Å²) in [6.07, 6.45) is -4.07. The Labute approximate surface area is 166 Å². The third-order valence-electron chi connectivity index (χ3n) is 5.59. The van der Waals surface area contributed by atoms with Gasteiger partial charge in [-0.05, 0) is 18.6 Å². The Balaban J connectivity index is 1.46. The SMILES string of the molecule is O=C(Cn1c(C(F)(F)F)nc2ccccc21)N1CCN(C2CCS(=O)(=O)C2)CC1. The van der Waals surface area contributed by atoms with Gasteiger partial charge >= 0.3 is 6.18 Å². The molecule has 0 radical (unpaired) electrons. The van der Waals surface area contributed by atoms with Crippen LogP contribution in [-0.2, 0) is 27.4 Å². The number of para-hydroxylation sites is 2. The molecule has 2 saturated heterocycles. The molecule has 0 spiro atoms. The van der Waals surface area contributed by atoms with Gasteiger partial charge in [-0.3, -0.25) is 9.69 Å². The zero-order valence-corrected chi connectivity index (χ0v) is 16.4. The first-order chi connectivity index (χ1) is 13.6. The lowest BCUT2D eigenvalue weighted by Gasteiger charge is -2.37. The zero-order chi connectivity index (χ0) is 20.8. The molecular weight excluding hydrogens is 409 g/mol. The van der Waals surface area contributed by atoms with E-state index in [2.05, 4.69) is 9.88 Å². The highest BCUT2D eigenvalue weighted by Gasteiger charge is 2.39. The van der Waals surface area contributed by atoms with Crippen LogP contribution in [0.15, 0.2) is 24.3 Å². The van der Waals surface area contributed by atoms with Crippen LogP contribution in [0.2, 0.25) is 0 Å². The highest BCUT2D eigenvalue weighted by atomic mass is 32.2. The summed E-state index contributed by atoms with van der Waals surface area (Å²) in [5.41, 5.74) is 0.461. The van der Waals surface area contributed by atoms with Crippen molar-refractivity contribution in [3.8, 4) is 0 Å². The number of hydrogen-bond donors (Lipinski definition) is 0. The first-order valence-corrected chi connectivity index (χ1v) is 11.2. The Morgan fingerprint density at radius 3 is 2.45 bits per heavy atom. The number of carbonyl (C=O) groups excluding carboxylic acids is 1. The van der Waals surface area contributed by atoms with E-state index in [0.29, 0.717) is 32.6 Å². The van der Waals surface area contributed by atoms with Crippen molar-refractivity contribution in [2.45, 2.75) is 25.2 Å². The molecule has 11 heteroatoms. The summed E-state index contributed by atoms with van der Waals surface area (Å²) >= 11 is 0. The van der Waals surface area contributed by atoms with Crippen molar-refractivity contribution in [1.29, 1.82) is 0 Å². The van der Waals surface area contributed by atoms with Gasteiger partial charge in [0.15, 0.2) is 9.84 Å². The van der Waals surface area contributed by atoms with E-state index in [9.17, 15) is 26.4 Å². The number of alkyl halides is 3. The third kappa shape index (κ3) is 4.11. The normalized spacial score (nSPS) is 23.0. The minimum atomic E-state index is -4.66. The quantitative estimate of drug-likeness (QED) is 0.736. The van der Waals surface area contributed by atoms with Crippen LogP contribution in [0, 0.1) is 0 Å². The van der Waals surface area contributed by atoms with E-state index >= 15 is 0 Å². The average molecular weight is 430 g/mol. The topological polar surface area (TPSA) is 75.5 Å². The fraction of sp³-hybridized carbons (Fsp3) is 0.556. The highest BCUT2D eigenvalue weighted by Crippen LogP contribution is 2.31. The predicted molar refractivity (Wildman–Crippen MR) is 99.9 cm³/mol. The molecule has 1 atom stereocenters. The van der Waals surface area contributed by atoms with Crippen LogP contribution in [0.1, 0.15) is 12.2 Å². The molecular formula is C18H21F3N4O3S. The largest absolute Gasteiger partial charge is 0.449 e. The molecule has 1 unspecified atom stereocenters. The maximum Gasteiger partial charge on any atom is 0.449 e. The number of nitrogens with zero attached hydrogens (tertiary/aromatic N) is 4. The smallest absolute Gasteiger partial charge is 0.339 e. The van der Waals surface area contributed by atoms with E-state index in [1.165, 1.54) is 17.0 Å². The number of piperazine rings is 1. The lowest BCUT2D eigenvalue weighted by molar-refractivity contribution is -0.148. The Hall–Kier alpha value is -2.14. The first-order valence-electron chi connectivity index (χ1n) is 9.39. The lowest BCUT2D eigenvalue weighted by Crippen LogP contribution is -2.52. The molecule has 2 fully saturated rings. The number of sulfone groups is 1. The number of amides is 1. The predicted octanol–water partition coefficient (Wildman–Crippen LogP) is 1.39. The van der Waals surface area contributed by atoms with Gasteiger partial charge in [0, 0.05) is 32.2 Å². The van der Waals surface area contributed by atoms with E-state index in [-0.39, 0.29) is 28.6 Å². The van der Waals surface area contributed by atoms with Crippen LogP contribution in [0.4, 0.5) is 13.2 Å². The Kier molecular flexibility index (Phi) is 5.06. The van der Waals surface area contributed by atoms with E-state index in [4.69, 9.17) is 0 Å². The van der Waals surface area contributed by atoms with Gasteiger partial charge in [0.05, 0.1) is 22.5 Å². The Morgan fingerprint density at radius 2 is 1.83 bits per heavy atom. The number of aromatic nitrogens is 2. The second-order valence-electron chi connectivity index (χ2n) is 7.48.